The fourth-order valence-corrected chi connectivity index (χ4v) is 14.0. The first-order chi connectivity index (χ1) is 33.3. The molecule has 0 amide bonds. The molecule has 0 aromatic heterocycles. The van der Waals surface area contributed by atoms with E-state index in [0.717, 1.165) is 0 Å². The standard InChI is InChI=1S/C68H44/c1-67(2)58-33-39(40-29-31-53-49-21-9-15-37-13-7-19-47(62(37)49)51-25-11-23-44(40)64(51)53)27-28-43(58)56-35-60-57(36-59(56)67)66-46-18-6-5-17-41(46)55(34-61(66)68(60,3)4)42-30-32-54-50-22-10-16-38-14-8-20-48(63(38)50)52-26-12-24-45(42)65(52)54/h5-36H,1-4H3. The monoisotopic (exact) mass is 860 g/mol. The van der Waals surface area contributed by atoms with Gasteiger partial charge in [-0.1, -0.05) is 198 Å². The van der Waals surface area contributed by atoms with Gasteiger partial charge in [0.15, 0.2) is 0 Å². The van der Waals surface area contributed by atoms with Crippen LogP contribution in [0.1, 0.15) is 49.9 Å². The Morgan fingerprint density at radius 3 is 1.24 bits per heavy atom. The van der Waals surface area contributed by atoms with Crippen LogP contribution >= 0.6 is 0 Å². The van der Waals surface area contributed by atoms with Gasteiger partial charge < -0.3 is 0 Å². The van der Waals surface area contributed by atoms with Crippen LogP contribution in [0.3, 0.4) is 0 Å². The summed E-state index contributed by atoms with van der Waals surface area (Å²) in [5.74, 6) is 0. The van der Waals surface area contributed by atoms with Gasteiger partial charge in [0.1, 0.15) is 0 Å². The maximum Gasteiger partial charge on any atom is 0.0159 e. The van der Waals surface area contributed by atoms with Crippen molar-refractivity contribution in [1.29, 1.82) is 0 Å². The van der Waals surface area contributed by atoms with Crippen LogP contribution in [0.4, 0.5) is 0 Å². The van der Waals surface area contributed by atoms with Crippen molar-refractivity contribution in [2.45, 2.75) is 38.5 Å². The lowest BCUT2D eigenvalue weighted by atomic mass is 9.78. The highest BCUT2D eigenvalue weighted by Crippen LogP contribution is 2.59. The fourth-order valence-electron chi connectivity index (χ4n) is 14.0. The number of hydrogen-bond donors (Lipinski definition) is 0. The van der Waals surface area contributed by atoms with Crippen LogP contribution in [-0.2, 0) is 10.8 Å². The molecule has 0 saturated heterocycles. The summed E-state index contributed by atoms with van der Waals surface area (Å²) in [6, 6.07) is 74.8. The second-order valence-electron chi connectivity index (χ2n) is 21.0. The van der Waals surface area contributed by atoms with Crippen LogP contribution < -0.4 is 0 Å². The summed E-state index contributed by atoms with van der Waals surface area (Å²) in [6.07, 6.45) is 0. The highest BCUT2D eigenvalue weighted by Gasteiger charge is 2.43. The summed E-state index contributed by atoms with van der Waals surface area (Å²) in [4.78, 5) is 0. The molecule has 0 spiro atoms. The van der Waals surface area contributed by atoms with Crippen molar-refractivity contribution in [1.82, 2.24) is 0 Å². The fraction of sp³-hybridized carbons (Fsp3) is 0.0882. The molecule has 0 bridgehead atoms. The van der Waals surface area contributed by atoms with Crippen molar-refractivity contribution in [3.63, 3.8) is 0 Å². The third kappa shape index (κ3) is 4.43. The van der Waals surface area contributed by atoms with Gasteiger partial charge in [-0.2, -0.15) is 0 Å². The zero-order chi connectivity index (χ0) is 44.9. The molecule has 0 nitrogen and oxygen atoms in total. The molecule has 0 fully saturated rings. The largest absolute Gasteiger partial charge is 0.0616 e. The van der Waals surface area contributed by atoms with Gasteiger partial charge >= 0.3 is 0 Å². The van der Waals surface area contributed by atoms with E-state index in [4.69, 9.17) is 0 Å². The van der Waals surface area contributed by atoms with Crippen molar-refractivity contribution in [3.8, 4) is 44.5 Å². The lowest BCUT2D eigenvalue weighted by Crippen LogP contribution is -2.17. The molecule has 14 aromatic rings. The number of fused-ring (bicyclic) bond motifs is 12. The maximum atomic E-state index is 2.59. The molecular formula is C68H44. The molecule has 316 valence electrons. The van der Waals surface area contributed by atoms with Gasteiger partial charge in [0, 0.05) is 10.8 Å². The van der Waals surface area contributed by atoms with Gasteiger partial charge in [0.25, 0.3) is 0 Å². The Hall–Kier alpha value is -8.06. The minimum absolute atomic E-state index is 0.189. The van der Waals surface area contributed by atoms with Gasteiger partial charge in [-0.05, 0) is 188 Å². The number of rotatable bonds is 2. The Labute approximate surface area is 394 Å². The van der Waals surface area contributed by atoms with Gasteiger partial charge in [-0.15, -0.1) is 0 Å². The van der Waals surface area contributed by atoms with Crippen molar-refractivity contribution in [2.24, 2.45) is 0 Å². The Morgan fingerprint density at radius 1 is 0.235 bits per heavy atom. The van der Waals surface area contributed by atoms with Gasteiger partial charge in [-0.3, -0.25) is 0 Å². The molecule has 68 heavy (non-hydrogen) atoms. The Morgan fingerprint density at radius 2 is 0.632 bits per heavy atom. The van der Waals surface area contributed by atoms with E-state index in [2.05, 4.69) is 222 Å². The summed E-state index contributed by atoms with van der Waals surface area (Å²) in [5.41, 5.74) is 16.0. The molecular weight excluding hydrogens is 817 g/mol. The van der Waals surface area contributed by atoms with Crippen molar-refractivity contribution in [3.05, 3.63) is 216 Å². The van der Waals surface area contributed by atoms with Crippen LogP contribution in [0.5, 0.6) is 0 Å². The first-order valence-corrected chi connectivity index (χ1v) is 24.3. The van der Waals surface area contributed by atoms with E-state index in [9.17, 15) is 0 Å². The third-order valence-electron chi connectivity index (χ3n) is 17.1. The second-order valence-corrected chi connectivity index (χ2v) is 21.0. The molecule has 0 radical (unpaired) electrons. The summed E-state index contributed by atoms with van der Waals surface area (Å²) in [5, 5.41) is 24.0. The summed E-state index contributed by atoms with van der Waals surface area (Å²) >= 11 is 0. The van der Waals surface area contributed by atoms with Crippen LogP contribution in [0, 0.1) is 0 Å². The van der Waals surface area contributed by atoms with Crippen molar-refractivity contribution < 1.29 is 0 Å². The van der Waals surface area contributed by atoms with Gasteiger partial charge in [0.2, 0.25) is 0 Å². The molecule has 14 aromatic carbocycles. The van der Waals surface area contributed by atoms with E-state index in [1.165, 1.54) is 164 Å². The first kappa shape index (κ1) is 37.1. The topological polar surface area (TPSA) is 0 Å². The zero-order valence-electron chi connectivity index (χ0n) is 38.5. The summed E-state index contributed by atoms with van der Waals surface area (Å²) in [7, 11) is 0. The van der Waals surface area contributed by atoms with Crippen molar-refractivity contribution >= 4 is 97.0 Å². The van der Waals surface area contributed by atoms with Gasteiger partial charge in [-0.25, -0.2) is 0 Å². The Kier molecular flexibility index (Phi) is 6.80. The molecule has 0 aliphatic heterocycles. The molecule has 2 aliphatic carbocycles. The van der Waals surface area contributed by atoms with E-state index < -0.39 is 0 Å². The summed E-state index contributed by atoms with van der Waals surface area (Å²) in [6.45, 7) is 9.81. The average molecular weight is 861 g/mol. The van der Waals surface area contributed by atoms with Crippen LogP contribution in [0.2, 0.25) is 0 Å². The lowest BCUT2D eigenvalue weighted by Gasteiger charge is -2.25. The average Bonchev–Trinajstić information content (AvgIpc) is 3.74. The minimum Gasteiger partial charge on any atom is -0.0616 e. The molecule has 0 atom stereocenters. The predicted octanol–water partition coefficient (Wildman–Crippen LogP) is 18.9. The molecule has 0 saturated carbocycles. The molecule has 0 N–H and O–H groups in total. The lowest BCUT2D eigenvalue weighted by molar-refractivity contribution is 0.652. The van der Waals surface area contributed by atoms with E-state index in [1.54, 1.807) is 0 Å². The van der Waals surface area contributed by atoms with Crippen LogP contribution in [0.15, 0.2) is 194 Å². The minimum atomic E-state index is -0.210. The normalized spacial score (nSPS) is 14.7. The second kappa shape index (κ2) is 12.5. The number of hydrogen-bond acceptors (Lipinski definition) is 0. The SMILES string of the molecule is CC1(C)c2cc(-c3ccc4c5cccc6cccc(c7cccc3c74)c65)ccc2-c2cc3c(cc21)-c1c(cc(-c2ccc4c5cccc6cccc(c7cccc2c74)c65)c2ccccc12)C3(C)C. The molecule has 2 aliphatic rings. The Bertz CT molecular complexity index is 4490. The van der Waals surface area contributed by atoms with E-state index in [1.807, 2.05) is 0 Å². The van der Waals surface area contributed by atoms with E-state index in [-0.39, 0.29) is 10.8 Å². The van der Waals surface area contributed by atoms with Crippen LogP contribution in [-0.4, -0.2) is 0 Å². The van der Waals surface area contributed by atoms with E-state index >= 15 is 0 Å². The van der Waals surface area contributed by atoms with Crippen molar-refractivity contribution in [2.75, 3.05) is 0 Å². The predicted molar refractivity (Wildman–Crippen MR) is 292 cm³/mol. The maximum absolute atomic E-state index is 2.59. The van der Waals surface area contributed by atoms with Crippen LogP contribution in [0.25, 0.3) is 141 Å². The quantitative estimate of drug-likeness (QED) is 0.120. The Balaban J connectivity index is 0.866. The van der Waals surface area contributed by atoms with E-state index in [0.29, 0.717) is 0 Å². The molecule has 0 heterocycles. The number of benzene rings is 14. The molecule has 16 rings (SSSR count). The zero-order valence-corrected chi connectivity index (χ0v) is 38.5. The molecule has 0 unspecified atom stereocenters. The van der Waals surface area contributed by atoms with Gasteiger partial charge in [0.05, 0.1) is 0 Å². The smallest absolute Gasteiger partial charge is 0.0159 e. The third-order valence-corrected chi connectivity index (χ3v) is 17.1. The highest BCUT2D eigenvalue weighted by molar-refractivity contribution is 6.36. The molecule has 0 heteroatoms. The first-order valence-electron chi connectivity index (χ1n) is 24.3. The highest BCUT2D eigenvalue weighted by atomic mass is 14.5. The summed E-state index contributed by atoms with van der Waals surface area (Å²) < 4.78 is 0.